The monoisotopic (exact) mass is 345 g/mol. The molecule has 25 heavy (non-hydrogen) atoms. The van der Waals surface area contributed by atoms with Crippen LogP contribution in [0.25, 0.3) is 0 Å². The van der Waals surface area contributed by atoms with Gasteiger partial charge in [0.1, 0.15) is 11.9 Å². The van der Waals surface area contributed by atoms with E-state index in [9.17, 15) is 14.0 Å². The van der Waals surface area contributed by atoms with Gasteiger partial charge in [-0.05, 0) is 30.0 Å². The second-order valence-electron chi connectivity index (χ2n) is 6.53. The van der Waals surface area contributed by atoms with Crippen LogP contribution in [0.5, 0.6) is 0 Å². The van der Waals surface area contributed by atoms with E-state index in [0.29, 0.717) is 36.7 Å². The number of carbonyl (C=O) groups is 2. The molecule has 1 aromatic heterocycles. The van der Waals surface area contributed by atoms with Crippen molar-refractivity contribution < 1.29 is 18.5 Å². The third kappa shape index (κ3) is 3.70. The molecule has 3 rings (SSSR count). The number of hydrogen-bond donors (Lipinski definition) is 1. The van der Waals surface area contributed by atoms with E-state index in [0.717, 1.165) is 0 Å². The number of carbonyl (C=O) groups excluding carboxylic acids is 2. The standard InChI is InChI=1S/C18H20FN3O3/c1-11(2)8-14-10-15(25-21-14)18(24)22-7-6-20-17(23)16(22)12-4-3-5-13(19)9-12/h3-5,9-11,16H,6-8H2,1-2H3,(H,20,23)/t16-/m1/s1. The lowest BCUT2D eigenvalue weighted by Gasteiger charge is -2.34. The van der Waals surface area contributed by atoms with Gasteiger partial charge in [0.2, 0.25) is 11.7 Å². The minimum absolute atomic E-state index is 0.0896. The molecule has 2 aromatic rings. The van der Waals surface area contributed by atoms with E-state index in [1.807, 2.05) is 13.8 Å². The van der Waals surface area contributed by atoms with Crippen molar-refractivity contribution in [3.05, 3.63) is 53.2 Å². The van der Waals surface area contributed by atoms with Gasteiger partial charge in [-0.1, -0.05) is 31.1 Å². The molecule has 1 aliphatic rings. The largest absolute Gasteiger partial charge is 0.352 e. The number of rotatable bonds is 4. The Balaban J connectivity index is 1.88. The molecule has 6 nitrogen and oxygen atoms in total. The van der Waals surface area contributed by atoms with Gasteiger partial charge < -0.3 is 14.7 Å². The maximum atomic E-state index is 13.6. The van der Waals surface area contributed by atoms with Crippen LogP contribution in [0.1, 0.15) is 41.7 Å². The molecule has 0 aliphatic carbocycles. The molecule has 1 atom stereocenters. The predicted octanol–water partition coefficient (Wildman–Crippen LogP) is 2.33. The lowest BCUT2D eigenvalue weighted by molar-refractivity contribution is -0.128. The molecule has 2 amide bonds. The zero-order valence-corrected chi connectivity index (χ0v) is 14.2. The lowest BCUT2D eigenvalue weighted by Crippen LogP contribution is -2.52. The van der Waals surface area contributed by atoms with Crippen molar-refractivity contribution in [3.63, 3.8) is 0 Å². The lowest BCUT2D eigenvalue weighted by atomic mass is 10.0. The fourth-order valence-corrected chi connectivity index (χ4v) is 2.96. The average molecular weight is 345 g/mol. The summed E-state index contributed by atoms with van der Waals surface area (Å²) < 4.78 is 18.7. The van der Waals surface area contributed by atoms with E-state index >= 15 is 0 Å². The van der Waals surface area contributed by atoms with Crippen molar-refractivity contribution in [2.45, 2.75) is 26.3 Å². The van der Waals surface area contributed by atoms with Crippen molar-refractivity contribution >= 4 is 11.8 Å². The SMILES string of the molecule is CC(C)Cc1cc(C(=O)N2CCNC(=O)[C@H]2c2cccc(F)c2)on1. The fourth-order valence-electron chi connectivity index (χ4n) is 2.96. The molecule has 0 bridgehead atoms. The first-order valence-electron chi connectivity index (χ1n) is 8.25. The van der Waals surface area contributed by atoms with Crippen molar-refractivity contribution in [2.75, 3.05) is 13.1 Å². The van der Waals surface area contributed by atoms with Crippen LogP contribution >= 0.6 is 0 Å². The van der Waals surface area contributed by atoms with Crippen LogP contribution in [-0.2, 0) is 11.2 Å². The summed E-state index contributed by atoms with van der Waals surface area (Å²) in [5, 5.41) is 6.64. The summed E-state index contributed by atoms with van der Waals surface area (Å²) in [4.78, 5) is 26.6. The fraction of sp³-hybridized carbons (Fsp3) is 0.389. The van der Waals surface area contributed by atoms with Gasteiger partial charge in [0.25, 0.3) is 5.91 Å². The Morgan fingerprint density at radius 3 is 2.96 bits per heavy atom. The third-order valence-electron chi connectivity index (χ3n) is 4.02. The van der Waals surface area contributed by atoms with Crippen LogP contribution in [0.15, 0.2) is 34.9 Å². The Morgan fingerprint density at radius 2 is 2.24 bits per heavy atom. The summed E-state index contributed by atoms with van der Waals surface area (Å²) in [5.74, 6) is -0.749. The number of aromatic nitrogens is 1. The predicted molar refractivity (Wildman–Crippen MR) is 88.2 cm³/mol. The summed E-state index contributed by atoms with van der Waals surface area (Å²) in [6.45, 7) is 4.74. The quantitative estimate of drug-likeness (QED) is 0.923. The zero-order chi connectivity index (χ0) is 18.0. The Kier molecular flexibility index (Phi) is 4.83. The number of hydrogen-bond acceptors (Lipinski definition) is 4. The molecule has 2 heterocycles. The van der Waals surface area contributed by atoms with Gasteiger partial charge in [-0.25, -0.2) is 4.39 Å². The summed E-state index contributed by atoms with van der Waals surface area (Å²) in [6.07, 6.45) is 0.699. The summed E-state index contributed by atoms with van der Waals surface area (Å²) >= 11 is 0. The van der Waals surface area contributed by atoms with Gasteiger partial charge in [0.05, 0.1) is 5.69 Å². The summed E-state index contributed by atoms with van der Waals surface area (Å²) in [7, 11) is 0. The minimum Gasteiger partial charge on any atom is -0.352 e. The summed E-state index contributed by atoms with van der Waals surface area (Å²) in [5.41, 5.74) is 1.12. The van der Waals surface area contributed by atoms with Crippen molar-refractivity contribution in [1.82, 2.24) is 15.4 Å². The number of amides is 2. The first kappa shape index (κ1) is 17.1. The number of nitrogens with one attached hydrogen (secondary N) is 1. The second kappa shape index (κ2) is 7.04. The van der Waals surface area contributed by atoms with Gasteiger partial charge in [0.15, 0.2) is 0 Å². The van der Waals surface area contributed by atoms with Crippen LogP contribution in [0.4, 0.5) is 4.39 Å². The normalized spacial score (nSPS) is 17.7. The number of nitrogens with zero attached hydrogens (tertiary/aromatic N) is 2. The highest BCUT2D eigenvalue weighted by molar-refractivity contribution is 5.96. The molecule has 1 N–H and O–H groups in total. The molecule has 132 valence electrons. The first-order chi connectivity index (χ1) is 12.0. The third-order valence-corrected chi connectivity index (χ3v) is 4.02. The second-order valence-corrected chi connectivity index (χ2v) is 6.53. The molecule has 0 radical (unpaired) electrons. The highest BCUT2D eigenvalue weighted by Crippen LogP contribution is 2.26. The van der Waals surface area contributed by atoms with Gasteiger partial charge in [-0.15, -0.1) is 0 Å². The molecule has 0 unspecified atom stereocenters. The number of benzene rings is 1. The van der Waals surface area contributed by atoms with E-state index in [1.165, 1.54) is 23.1 Å². The summed E-state index contributed by atoms with van der Waals surface area (Å²) in [6, 6.07) is 6.42. The highest BCUT2D eigenvalue weighted by Gasteiger charge is 2.36. The molecular formula is C18H20FN3O3. The minimum atomic E-state index is -0.893. The van der Waals surface area contributed by atoms with Crippen LogP contribution in [0.2, 0.25) is 0 Å². The molecular weight excluding hydrogens is 325 g/mol. The molecule has 1 aliphatic heterocycles. The molecule has 0 saturated carbocycles. The Hall–Kier alpha value is -2.70. The average Bonchev–Trinajstić information content (AvgIpc) is 3.01. The van der Waals surface area contributed by atoms with E-state index in [2.05, 4.69) is 10.5 Å². The number of halogens is 1. The van der Waals surface area contributed by atoms with Crippen LogP contribution in [0, 0.1) is 11.7 Å². The van der Waals surface area contributed by atoms with Gasteiger partial charge in [0, 0.05) is 19.2 Å². The Labute approximate surface area is 145 Å². The smallest absolute Gasteiger partial charge is 0.293 e. The number of piperazine rings is 1. The molecule has 1 fully saturated rings. The van der Waals surface area contributed by atoms with Gasteiger partial charge in [-0.3, -0.25) is 9.59 Å². The molecule has 1 aromatic carbocycles. The van der Waals surface area contributed by atoms with E-state index < -0.39 is 17.8 Å². The van der Waals surface area contributed by atoms with E-state index in [1.54, 1.807) is 12.1 Å². The van der Waals surface area contributed by atoms with Crippen LogP contribution in [-0.4, -0.2) is 35.0 Å². The van der Waals surface area contributed by atoms with Crippen molar-refractivity contribution in [3.8, 4) is 0 Å². The molecule has 7 heteroatoms. The van der Waals surface area contributed by atoms with Crippen LogP contribution in [0.3, 0.4) is 0 Å². The highest BCUT2D eigenvalue weighted by atomic mass is 19.1. The molecule has 1 saturated heterocycles. The van der Waals surface area contributed by atoms with E-state index in [-0.39, 0.29) is 11.7 Å². The van der Waals surface area contributed by atoms with Gasteiger partial charge >= 0.3 is 0 Å². The van der Waals surface area contributed by atoms with Crippen molar-refractivity contribution in [1.29, 1.82) is 0 Å². The maximum absolute atomic E-state index is 13.6. The van der Waals surface area contributed by atoms with E-state index in [4.69, 9.17) is 4.52 Å². The first-order valence-corrected chi connectivity index (χ1v) is 8.25. The Bertz CT molecular complexity index is 787. The van der Waals surface area contributed by atoms with Crippen molar-refractivity contribution in [2.24, 2.45) is 5.92 Å². The Morgan fingerprint density at radius 1 is 1.44 bits per heavy atom. The topological polar surface area (TPSA) is 75.4 Å². The van der Waals surface area contributed by atoms with Crippen LogP contribution < -0.4 is 5.32 Å². The zero-order valence-electron chi connectivity index (χ0n) is 14.2. The van der Waals surface area contributed by atoms with Gasteiger partial charge in [-0.2, -0.15) is 0 Å². The molecule has 0 spiro atoms. The maximum Gasteiger partial charge on any atom is 0.293 e.